The lowest BCUT2D eigenvalue weighted by atomic mass is 10.2. The smallest absolute Gasteiger partial charge is 0.0274 e. The zero-order valence-electron chi connectivity index (χ0n) is 9.62. The summed E-state index contributed by atoms with van der Waals surface area (Å²) in [6, 6.07) is 2.28. The summed E-state index contributed by atoms with van der Waals surface area (Å²) in [5, 5.41) is 0. The molecule has 1 aromatic heterocycles. The molecule has 0 saturated carbocycles. The molecule has 2 heterocycles. The van der Waals surface area contributed by atoms with Crippen LogP contribution in [0, 0.1) is 12.8 Å². The van der Waals surface area contributed by atoms with Gasteiger partial charge in [-0.15, -0.1) is 11.3 Å². The summed E-state index contributed by atoms with van der Waals surface area (Å²) in [5.41, 5.74) is 7.14. The number of nitrogens with zero attached hydrogens (tertiary/aromatic N) is 1. The molecule has 0 bridgehead atoms. The van der Waals surface area contributed by atoms with Crippen molar-refractivity contribution in [1.82, 2.24) is 4.90 Å². The van der Waals surface area contributed by atoms with E-state index >= 15 is 0 Å². The van der Waals surface area contributed by atoms with Crippen LogP contribution in [0.5, 0.6) is 0 Å². The van der Waals surface area contributed by atoms with Gasteiger partial charge >= 0.3 is 0 Å². The Morgan fingerprint density at radius 1 is 1.60 bits per heavy atom. The van der Waals surface area contributed by atoms with E-state index in [4.69, 9.17) is 5.73 Å². The molecule has 0 aliphatic carbocycles. The highest BCUT2D eigenvalue weighted by Crippen LogP contribution is 2.25. The van der Waals surface area contributed by atoms with Crippen LogP contribution in [0.4, 0.5) is 0 Å². The molecule has 0 amide bonds. The van der Waals surface area contributed by atoms with E-state index in [1.807, 2.05) is 11.3 Å². The molecule has 0 spiro atoms. The van der Waals surface area contributed by atoms with Crippen molar-refractivity contribution < 1.29 is 0 Å². The molecular weight excluding hydrogens is 204 g/mol. The van der Waals surface area contributed by atoms with E-state index in [-0.39, 0.29) is 0 Å². The van der Waals surface area contributed by atoms with E-state index in [0.29, 0.717) is 6.54 Å². The van der Waals surface area contributed by atoms with Gasteiger partial charge in [-0.2, -0.15) is 0 Å². The standard InChI is InChI=1S/C12H20N2S/c1-9-3-4-14(7-9)8-11-5-12(6-13)15-10(11)2/h5,9H,3-4,6-8,13H2,1-2H3. The largest absolute Gasteiger partial charge is 0.326 e. The third-order valence-electron chi connectivity index (χ3n) is 3.17. The second-order valence-corrected chi connectivity index (χ2v) is 5.97. The number of hydrogen-bond acceptors (Lipinski definition) is 3. The molecule has 0 radical (unpaired) electrons. The Hall–Kier alpha value is -0.380. The maximum Gasteiger partial charge on any atom is 0.0274 e. The van der Waals surface area contributed by atoms with Crippen LogP contribution in [0.15, 0.2) is 6.07 Å². The lowest BCUT2D eigenvalue weighted by Crippen LogP contribution is -2.19. The van der Waals surface area contributed by atoms with Crippen molar-refractivity contribution >= 4 is 11.3 Å². The van der Waals surface area contributed by atoms with E-state index in [1.54, 1.807) is 0 Å². The number of hydrogen-bond donors (Lipinski definition) is 1. The van der Waals surface area contributed by atoms with Crippen molar-refractivity contribution in [3.05, 3.63) is 21.4 Å². The highest BCUT2D eigenvalue weighted by molar-refractivity contribution is 7.12. The van der Waals surface area contributed by atoms with Gasteiger partial charge in [-0.05, 0) is 37.4 Å². The zero-order valence-corrected chi connectivity index (χ0v) is 10.4. The number of rotatable bonds is 3. The zero-order chi connectivity index (χ0) is 10.8. The maximum absolute atomic E-state index is 5.66. The van der Waals surface area contributed by atoms with Gasteiger partial charge in [0.15, 0.2) is 0 Å². The van der Waals surface area contributed by atoms with E-state index in [9.17, 15) is 0 Å². The molecule has 2 N–H and O–H groups in total. The minimum Gasteiger partial charge on any atom is -0.326 e. The molecule has 2 rings (SSSR count). The summed E-state index contributed by atoms with van der Waals surface area (Å²) in [4.78, 5) is 5.31. The van der Waals surface area contributed by atoms with Crippen LogP contribution < -0.4 is 5.73 Å². The van der Waals surface area contributed by atoms with E-state index in [0.717, 1.165) is 12.5 Å². The molecule has 1 saturated heterocycles. The Morgan fingerprint density at radius 3 is 2.93 bits per heavy atom. The van der Waals surface area contributed by atoms with Gasteiger partial charge in [0, 0.05) is 29.4 Å². The van der Waals surface area contributed by atoms with E-state index in [1.165, 1.54) is 34.8 Å². The third kappa shape index (κ3) is 2.60. The Balaban J connectivity index is 2.00. The van der Waals surface area contributed by atoms with Crippen LogP contribution in [0.2, 0.25) is 0 Å². The number of thiophene rings is 1. The molecule has 2 nitrogen and oxygen atoms in total. The monoisotopic (exact) mass is 224 g/mol. The van der Waals surface area contributed by atoms with Crippen molar-refractivity contribution in [3.63, 3.8) is 0 Å². The van der Waals surface area contributed by atoms with Gasteiger partial charge < -0.3 is 5.73 Å². The fourth-order valence-corrected chi connectivity index (χ4v) is 3.19. The van der Waals surface area contributed by atoms with Crippen molar-refractivity contribution in [3.8, 4) is 0 Å². The van der Waals surface area contributed by atoms with Crippen LogP contribution in [0.25, 0.3) is 0 Å². The Labute approximate surface area is 96.1 Å². The molecule has 1 aromatic rings. The summed E-state index contributed by atoms with van der Waals surface area (Å²) >= 11 is 1.85. The molecule has 84 valence electrons. The number of likely N-dealkylation sites (tertiary alicyclic amines) is 1. The quantitative estimate of drug-likeness (QED) is 0.854. The lowest BCUT2D eigenvalue weighted by molar-refractivity contribution is 0.320. The molecule has 1 unspecified atom stereocenters. The van der Waals surface area contributed by atoms with Crippen molar-refractivity contribution in [2.45, 2.75) is 33.4 Å². The molecule has 1 aliphatic heterocycles. The first-order valence-corrected chi connectivity index (χ1v) is 6.51. The van der Waals surface area contributed by atoms with Gasteiger partial charge in [0.25, 0.3) is 0 Å². The van der Waals surface area contributed by atoms with Gasteiger partial charge in [-0.25, -0.2) is 0 Å². The summed E-state index contributed by atoms with van der Waals surface area (Å²) in [6.45, 7) is 8.86. The summed E-state index contributed by atoms with van der Waals surface area (Å²) < 4.78 is 0. The second-order valence-electron chi connectivity index (χ2n) is 4.63. The predicted octanol–water partition coefficient (Wildman–Crippen LogP) is 2.36. The molecule has 1 fully saturated rings. The third-order valence-corrected chi connectivity index (χ3v) is 4.29. The van der Waals surface area contributed by atoms with Gasteiger partial charge in [-0.1, -0.05) is 6.92 Å². The minimum atomic E-state index is 0.682. The fraction of sp³-hybridized carbons (Fsp3) is 0.667. The predicted molar refractivity (Wildman–Crippen MR) is 66.0 cm³/mol. The van der Waals surface area contributed by atoms with Crippen molar-refractivity contribution in [2.75, 3.05) is 13.1 Å². The molecule has 15 heavy (non-hydrogen) atoms. The molecular formula is C12H20N2S. The highest BCUT2D eigenvalue weighted by atomic mass is 32.1. The van der Waals surface area contributed by atoms with Crippen LogP contribution in [-0.4, -0.2) is 18.0 Å². The molecule has 0 aromatic carbocycles. The summed E-state index contributed by atoms with van der Waals surface area (Å²) in [7, 11) is 0. The topological polar surface area (TPSA) is 29.3 Å². The van der Waals surface area contributed by atoms with Crippen LogP contribution in [-0.2, 0) is 13.1 Å². The van der Waals surface area contributed by atoms with E-state index < -0.39 is 0 Å². The van der Waals surface area contributed by atoms with Crippen LogP contribution >= 0.6 is 11.3 Å². The average molecular weight is 224 g/mol. The van der Waals surface area contributed by atoms with Gasteiger partial charge in [0.2, 0.25) is 0 Å². The Morgan fingerprint density at radius 2 is 2.40 bits per heavy atom. The lowest BCUT2D eigenvalue weighted by Gasteiger charge is -2.14. The van der Waals surface area contributed by atoms with Gasteiger partial charge in [0.1, 0.15) is 0 Å². The first-order chi connectivity index (χ1) is 7.19. The summed E-state index contributed by atoms with van der Waals surface area (Å²) in [5.74, 6) is 0.873. The summed E-state index contributed by atoms with van der Waals surface area (Å²) in [6.07, 6.45) is 1.35. The fourth-order valence-electron chi connectivity index (χ4n) is 2.26. The minimum absolute atomic E-state index is 0.682. The maximum atomic E-state index is 5.66. The highest BCUT2D eigenvalue weighted by Gasteiger charge is 2.19. The average Bonchev–Trinajstić information content (AvgIpc) is 2.75. The van der Waals surface area contributed by atoms with Gasteiger partial charge in [0.05, 0.1) is 0 Å². The van der Waals surface area contributed by atoms with E-state index in [2.05, 4.69) is 24.8 Å². The Kier molecular flexibility index (Phi) is 3.44. The Bertz CT molecular complexity index is 332. The van der Waals surface area contributed by atoms with Crippen molar-refractivity contribution in [1.29, 1.82) is 0 Å². The number of nitrogens with two attached hydrogens (primary N) is 1. The normalized spacial score (nSPS) is 22.5. The SMILES string of the molecule is Cc1sc(CN)cc1CN1CCC(C)C1. The molecule has 1 atom stereocenters. The van der Waals surface area contributed by atoms with Gasteiger partial charge in [-0.3, -0.25) is 4.90 Å². The second kappa shape index (κ2) is 4.64. The number of aryl methyl sites for hydroxylation is 1. The van der Waals surface area contributed by atoms with Crippen LogP contribution in [0.1, 0.15) is 28.7 Å². The van der Waals surface area contributed by atoms with Crippen LogP contribution in [0.3, 0.4) is 0 Å². The molecule has 1 aliphatic rings. The molecule has 3 heteroatoms. The first-order valence-electron chi connectivity index (χ1n) is 5.69. The van der Waals surface area contributed by atoms with Crippen molar-refractivity contribution in [2.24, 2.45) is 11.7 Å². The first kappa shape index (κ1) is 11.1.